The zero-order valence-electron chi connectivity index (χ0n) is 15.5. The van der Waals surface area contributed by atoms with E-state index in [2.05, 4.69) is 22.3 Å². The Hall–Kier alpha value is -2.73. The van der Waals surface area contributed by atoms with Gasteiger partial charge in [0, 0.05) is 18.1 Å². The van der Waals surface area contributed by atoms with Crippen LogP contribution in [0.25, 0.3) is 5.65 Å². The summed E-state index contributed by atoms with van der Waals surface area (Å²) in [4.78, 5) is 16.8. The summed E-state index contributed by atoms with van der Waals surface area (Å²) in [6.07, 6.45) is 10.1. The summed E-state index contributed by atoms with van der Waals surface area (Å²) in [5.74, 6) is 0.525. The second-order valence-corrected chi connectivity index (χ2v) is 7.31. The molecule has 0 spiro atoms. The molecule has 1 N–H and O–H groups in total. The Balaban J connectivity index is 1.41. The van der Waals surface area contributed by atoms with Crippen molar-refractivity contribution in [3.63, 3.8) is 0 Å². The SMILES string of the molecule is C[C@H]1CCC[C@@H](OCc2cccc(NC(=O)c3cnn4cccnc34)c2)C1. The van der Waals surface area contributed by atoms with Crippen molar-refractivity contribution in [2.75, 3.05) is 5.32 Å². The van der Waals surface area contributed by atoms with Crippen molar-refractivity contribution < 1.29 is 9.53 Å². The van der Waals surface area contributed by atoms with Crippen LogP contribution in [0.4, 0.5) is 5.69 Å². The Labute approximate surface area is 158 Å². The first-order valence-corrected chi connectivity index (χ1v) is 9.49. The van der Waals surface area contributed by atoms with E-state index in [1.165, 1.54) is 19.0 Å². The molecule has 6 nitrogen and oxygen atoms in total. The van der Waals surface area contributed by atoms with Gasteiger partial charge in [0.2, 0.25) is 0 Å². The molecule has 0 saturated heterocycles. The predicted molar refractivity (Wildman–Crippen MR) is 104 cm³/mol. The van der Waals surface area contributed by atoms with Crippen LogP contribution < -0.4 is 5.32 Å². The number of amides is 1. The fraction of sp³-hybridized carbons (Fsp3) is 0.381. The summed E-state index contributed by atoms with van der Waals surface area (Å²) in [5, 5.41) is 7.09. The number of benzene rings is 1. The molecule has 2 atom stereocenters. The molecule has 1 fully saturated rings. The Morgan fingerprint density at radius 1 is 1.33 bits per heavy atom. The van der Waals surface area contributed by atoms with E-state index in [1.54, 1.807) is 23.0 Å². The summed E-state index contributed by atoms with van der Waals surface area (Å²) >= 11 is 0. The van der Waals surface area contributed by atoms with Gasteiger partial charge in [-0.25, -0.2) is 9.50 Å². The number of hydrogen-bond donors (Lipinski definition) is 1. The molecule has 2 heterocycles. The number of hydrogen-bond acceptors (Lipinski definition) is 4. The maximum Gasteiger partial charge on any atom is 0.261 e. The van der Waals surface area contributed by atoms with Crippen LogP contribution in [-0.4, -0.2) is 26.6 Å². The van der Waals surface area contributed by atoms with Crippen molar-refractivity contribution >= 4 is 17.2 Å². The average molecular weight is 364 g/mol. The van der Waals surface area contributed by atoms with Crippen LogP contribution in [0, 0.1) is 5.92 Å². The highest BCUT2D eigenvalue weighted by Gasteiger charge is 2.19. The number of carbonyl (C=O) groups is 1. The summed E-state index contributed by atoms with van der Waals surface area (Å²) in [6.45, 7) is 2.86. The van der Waals surface area contributed by atoms with Gasteiger partial charge in [0.15, 0.2) is 5.65 Å². The highest BCUT2D eigenvalue weighted by atomic mass is 16.5. The Morgan fingerprint density at radius 3 is 3.15 bits per heavy atom. The van der Waals surface area contributed by atoms with E-state index in [4.69, 9.17) is 4.74 Å². The van der Waals surface area contributed by atoms with E-state index in [1.807, 2.05) is 24.3 Å². The molecular weight excluding hydrogens is 340 g/mol. The predicted octanol–water partition coefficient (Wildman–Crippen LogP) is 4.08. The summed E-state index contributed by atoms with van der Waals surface area (Å²) in [7, 11) is 0. The van der Waals surface area contributed by atoms with E-state index in [0.717, 1.165) is 30.0 Å². The molecule has 4 rings (SSSR count). The highest BCUT2D eigenvalue weighted by Crippen LogP contribution is 2.26. The molecule has 27 heavy (non-hydrogen) atoms. The van der Waals surface area contributed by atoms with Crippen LogP contribution >= 0.6 is 0 Å². The van der Waals surface area contributed by atoms with Crippen LogP contribution in [-0.2, 0) is 11.3 Å². The van der Waals surface area contributed by atoms with Crippen LogP contribution in [0.15, 0.2) is 48.9 Å². The topological polar surface area (TPSA) is 68.5 Å². The first-order chi connectivity index (χ1) is 13.2. The lowest BCUT2D eigenvalue weighted by molar-refractivity contribution is 0.00468. The van der Waals surface area contributed by atoms with Crippen molar-refractivity contribution in [3.8, 4) is 0 Å². The van der Waals surface area contributed by atoms with Crippen molar-refractivity contribution in [2.45, 2.75) is 45.3 Å². The minimum Gasteiger partial charge on any atom is -0.374 e. The van der Waals surface area contributed by atoms with Gasteiger partial charge in [-0.3, -0.25) is 4.79 Å². The molecule has 1 saturated carbocycles. The van der Waals surface area contributed by atoms with Gasteiger partial charge in [-0.15, -0.1) is 0 Å². The third-order valence-corrected chi connectivity index (χ3v) is 5.08. The van der Waals surface area contributed by atoms with E-state index in [0.29, 0.717) is 23.9 Å². The maximum absolute atomic E-state index is 12.6. The van der Waals surface area contributed by atoms with Crippen LogP contribution in [0.5, 0.6) is 0 Å². The first kappa shape index (κ1) is 17.7. The molecule has 1 aromatic carbocycles. The van der Waals surface area contributed by atoms with Crippen LogP contribution in [0.3, 0.4) is 0 Å². The van der Waals surface area contributed by atoms with Crippen LogP contribution in [0.2, 0.25) is 0 Å². The minimum atomic E-state index is -0.220. The molecule has 140 valence electrons. The third-order valence-electron chi connectivity index (χ3n) is 5.08. The average Bonchev–Trinajstić information content (AvgIpc) is 3.11. The number of fused-ring (bicyclic) bond motifs is 1. The number of anilines is 1. The van der Waals surface area contributed by atoms with Gasteiger partial charge >= 0.3 is 0 Å². The standard InChI is InChI=1S/C21H24N4O2/c1-15-5-2-8-18(11-15)27-14-16-6-3-7-17(12-16)24-21(26)19-13-23-25-10-4-9-22-20(19)25/h3-4,6-7,9-10,12-13,15,18H,2,5,8,11,14H2,1H3,(H,24,26)/t15-,18+/m0/s1. The second kappa shape index (κ2) is 7.88. The Bertz CT molecular complexity index is 937. The van der Waals surface area contributed by atoms with Crippen molar-refractivity contribution in [1.82, 2.24) is 14.6 Å². The number of nitrogens with zero attached hydrogens (tertiary/aromatic N) is 3. The number of nitrogens with one attached hydrogen (secondary N) is 1. The lowest BCUT2D eigenvalue weighted by Gasteiger charge is -2.26. The minimum absolute atomic E-state index is 0.220. The van der Waals surface area contributed by atoms with Crippen molar-refractivity contribution in [2.24, 2.45) is 5.92 Å². The van der Waals surface area contributed by atoms with Gasteiger partial charge in [0.1, 0.15) is 5.56 Å². The summed E-state index contributed by atoms with van der Waals surface area (Å²) in [6, 6.07) is 9.58. The normalized spacial score (nSPS) is 19.9. The molecular formula is C21H24N4O2. The fourth-order valence-electron chi connectivity index (χ4n) is 3.67. The number of aromatic nitrogens is 3. The van der Waals surface area contributed by atoms with E-state index in [-0.39, 0.29) is 5.91 Å². The summed E-state index contributed by atoms with van der Waals surface area (Å²) in [5.41, 5.74) is 2.80. The molecule has 0 unspecified atom stereocenters. The van der Waals surface area contributed by atoms with E-state index >= 15 is 0 Å². The van der Waals surface area contributed by atoms with Gasteiger partial charge in [-0.05, 0) is 42.5 Å². The molecule has 6 heteroatoms. The smallest absolute Gasteiger partial charge is 0.261 e. The molecule has 0 aliphatic heterocycles. The molecule has 0 bridgehead atoms. The van der Waals surface area contributed by atoms with Crippen LogP contribution in [0.1, 0.15) is 48.5 Å². The monoisotopic (exact) mass is 364 g/mol. The number of carbonyl (C=O) groups excluding carboxylic acids is 1. The van der Waals surface area contributed by atoms with Gasteiger partial charge in [-0.2, -0.15) is 5.10 Å². The zero-order valence-corrected chi connectivity index (χ0v) is 15.5. The third kappa shape index (κ3) is 4.17. The van der Waals surface area contributed by atoms with Crippen molar-refractivity contribution in [3.05, 3.63) is 60.0 Å². The molecule has 1 aliphatic rings. The molecule has 1 amide bonds. The molecule has 0 radical (unpaired) electrons. The van der Waals surface area contributed by atoms with E-state index < -0.39 is 0 Å². The second-order valence-electron chi connectivity index (χ2n) is 7.31. The molecule has 2 aromatic heterocycles. The zero-order chi connectivity index (χ0) is 18.6. The van der Waals surface area contributed by atoms with Gasteiger partial charge < -0.3 is 10.1 Å². The lowest BCUT2D eigenvalue weighted by Crippen LogP contribution is -2.21. The highest BCUT2D eigenvalue weighted by molar-refractivity contribution is 6.08. The molecule has 1 aliphatic carbocycles. The lowest BCUT2D eigenvalue weighted by atomic mass is 9.89. The first-order valence-electron chi connectivity index (χ1n) is 9.49. The van der Waals surface area contributed by atoms with Gasteiger partial charge in [0.05, 0.1) is 18.9 Å². The Kier molecular flexibility index (Phi) is 5.16. The van der Waals surface area contributed by atoms with Gasteiger partial charge in [-0.1, -0.05) is 31.9 Å². The quantitative estimate of drug-likeness (QED) is 0.741. The van der Waals surface area contributed by atoms with Gasteiger partial charge in [0.25, 0.3) is 5.91 Å². The molecule has 3 aromatic rings. The fourth-order valence-corrected chi connectivity index (χ4v) is 3.67. The number of rotatable bonds is 5. The van der Waals surface area contributed by atoms with E-state index in [9.17, 15) is 4.79 Å². The summed E-state index contributed by atoms with van der Waals surface area (Å²) < 4.78 is 7.68. The largest absolute Gasteiger partial charge is 0.374 e. The maximum atomic E-state index is 12.6. The number of ether oxygens (including phenoxy) is 1. The Morgan fingerprint density at radius 2 is 2.26 bits per heavy atom. The van der Waals surface area contributed by atoms with Crippen molar-refractivity contribution in [1.29, 1.82) is 0 Å².